The summed E-state index contributed by atoms with van der Waals surface area (Å²) >= 11 is 0. The quantitative estimate of drug-likeness (QED) is 0.640. The van der Waals surface area contributed by atoms with E-state index in [0.717, 1.165) is 50.2 Å². The predicted molar refractivity (Wildman–Crippen MR) is 141 cm³/mol. The van der Waals surface area contributed by atoms with Crippen molar-refractivity contribution in [3.63, 3.8) is 0 Å². The van der Waals surface area contributed by atoms with Crippen molar-refractivity contribution in [2.24, 2.45) is 10.9 Å². The molecule has 2 saturated carbocycles. The third-order valence-corrected chi connectivity index (χ3v) is 7.44. The maximum Gasteiger partial charge on any atom is 0.256 e. The highest BCUT2D eigenvalue weighted by Crippen LogP contribution is 2.45. The lowest BCUT2D eigenvalue weighted by Gasteiger charge is -2.17. The van der Waals surface area contributed by atoms with Crippen molar-refractivity contribution in [1.29, 1.82) is 0 Å². The molecule has 0 radical (unpaired) electrons. The van der Waals surface area contributed by atoms with Crippen LogP contribution in [0.15, 0.2) is 53.5 Å². The van der Waals surface area contributed by atoms with Gasteiger partial charge in [-0.25, -0.2) is 0 Å². The molecule has 0 unspecified atom stereocenters. The standard InChI is InChI=1S/C21H23N3O.C8H13NO/c1-4-24-19(22-21(12-13-21)20(24)25)16-10-8-15(9-11-16)17-6-5-7-18(14-17)23(2)3;10-8(7-3-4-7)9-5-1-2-6-9/h5-11,14H,4,12-13H2,1-3H3;7H,1-6H2. The smallest absolute Gasteiger partial charge is 0.256 e. The van der Waals surface area contributed by atoms with Crippen LogP contribution in [0.4, 0.5) is 5.69 Å². The van der Waals surface area contributed by atoms with Crippen LogP contribution in [0.25, 0.3) is 11.1 Å². The molecule has 2 aromatic carbocycles. The first-order chi connectivity index (χ1) is 16.9. The van der Waals surface area contributed by atoms with Gasteiger partial charge in [-0.05, 0) is 68.7 Å². The number of likely N-dealkylation sites (tertiary alicyclic amines) is 1. The van der Waals surface area contributed by atoms with Crippen molar-refractivity contribution in [3.05, 3.63) is 54.1 Å². The van der Waals surface area contributed by atoms with E-state index < -0.39 is 5.54 Å². The Kier molecular flexibility index (Phi) is 6.39. The highest BCUT2D eigenvalue weighted by atomic mass is 16.2. The molecule has 0 N–H and O–H groups in total. The van der Waals surface area contributed by atoms with Crippen LogP contribution >= 0.6 is 0 Å². The number of aliphatic imine (C=N–C) groups is 1. The monoisotopic (exact) mass is 472 g/mol. The van der Waals surface area contributed by atoms with Crippen LogP contribution in [0.5, 0.6) is 0 Å². The van der Waals surface area contributed by atoms with Crippen molar-refractivity contribution in [3.8, 4) is 11.1 Å². The highest BCUT2D eigenvalue weighted by Gasteiger charge is 2.56. The molecule has 2 aliphatic carbocycles. The van der Waals surface area contributed by atoms with E-state index in [1.807, 2.05) is 30.8 Å². The number of amidine groups is 1. The summed E-state index contributed by atoms with van der Waals surface area (Å²) in [6, 6.07) is 16.9. The number of benzene rings is 2. The Morgan fingerprint density at radius 1 is 1.00 bits per heavy atom. The average Bonchev–Trinajstić information content (AvgIpc) is 3.80. The van der Waals surface area contributed by atoms with Gasteiger partial charge in [0.25, 0.3) is 5.91 Å². The van der Waals surface area contributed by atoms with Crippen LogP contribution in [-0.2, 0) is 9.59 Å². The third-order valence-electron chi connectivity index (χ3n) is 7.44. The van der Waals surface area contributed by atoms with Crippen LogP contribution in [0.3, 0.4) is 0 Å². The topological polar surface area (TPSA) is 56.2 Å². The summed E-state index contributed by atoms with van der Waals surface area (Å²) in [5, 5.41) is 0. The molecular weight excluding hydrogens is 436 g/mol. The van der Waals surface area contributed by atoms with Crippen molar-refractivity contribution < 1.29 is 9.59 Å². The number of hydrogen-bond acceptors (Lipinski definition) is 4. The molecule has 35 heavy (non-hydrogen) atoms. The van der Waals surface area contributed by atoms with Crippen molar-refractivity contribution in [2.75, 3.05) is 38.6 Å². The summed E-state index contributed by atoms with van der Waals surface area (Å²) in [5.41, 5.74) is 4.13. The normalized spacial score (nSPS) is 20.0. The molecular formula is C29H36N4O2. The molecule has 6 rings (SSSR count). The molecule has 2 aliphatic heterocycles. The molecule has 1 saturated heterocycles. The van der Waals surface area contributed by atoms with Gasteiger partial charge in [0.1, 0.15) is 11.4 Å². The molecule has 0 bridgehead atoms. The fraction of sp³-hybridized carbons (Fsp3) is 0.483. The number of anilines is 1. The van der Waals surface area contributed by atoms with Gasteiger partial charge in [0.05, 0.1) is 0 Å². The Morgan fingerprint density at radius 2 is 1.66 bits per heavy atom. The minimum Gasteiger partial charge on any atom is -0.378 e. The maximum absolute atomic E-state index is 12.5. The number of hydrogen-bond donors (Lipinski definition) is 0. The first-order valence-corrected chi connectivity index (χ1v) is 13.0. The third kappa shape index (κ3) is 4.84. The molecule has 2 aromatic rings. The van der Waals surface area contributed by atoms with Crippen LogP contribution in [-0.4, -0.2) is 66.7 Å². The minimum absolute atomic E-state index is 0.174. The van der Waals surface area contributed by atoms with Gasteiger partial charge >= 0.3 is 0 Å². The summed E-state index contributed by atoms with van der Waals surface area (Å²) in [6.07, 6.45) is 6.52. The zero-order chi connectivity index (χ0) is 24.6. The molecule has 4 aliphatic rings. The zero-order valence-corrected chi connectivity index (χ0v) is 21.2. The molecule has 2 heterocycles. The highest BCUT2D eigenvalue weighted by molar-refractivity contribution is 6.16. The van der Waals surface area contributed by atoms with Gasteiger partial charge in [0, 0.05) is 50.9 Å². The fourth-order valence-electron chi connectivity index (χ4n) is 4.92. The summed E-state index contributed by atoms with van der Waals surface area (Å²) < 4.78 is 0. The molecule has 6 heteroatoms. The van der Waals surface area contributed by atoms with E-state index in [1.54, 1.807) is 0 Å². The van der Waals surface area contributed by atoms with Gasteiger partial charge in [-0.15, -0.1) is 0 Å². The summed E-state index contributed by atoms with van der Waals surface area (Å²) in [6.45, 7) is 4.73. The first-order valence-electron chi connectivity index (χ1n) is 13.0. The number of rotatable bonds is 5. The van der Waals surface area contributed by atoms with E-state index in [1.165, 1.54) is 29.7 Å². The van der Waals surface area contributed by atoms with Gasteiger partial charge in [0.15, 0.2) is 0 Å². The number of amides is 2. The molecule has 0 atom stereocenters. The number of carbonyl (C=O) groups is 2. The zero-order valence-electron chi connectivity index (χ0n) is 21.2. The van der Waals surface area contributed by atoms with Crippen LogP contribution < -0.4 is 4.90 Å². The lowest BCUT2D eigenvalue weighted by Crippen LogP contribution is -2.36. The Balaban J connectivity index is 0.000000211. The van der Waals surface area contributed by atoms with Gasteiger partial charge in [-0.3, -0.25) is 19.5 Å². The van der Waals surface area contributed by atoms with E-state index in [4.69, 9.17) is 4.99 Å². The van der Waals surface area contributed by atoms with Gasteiger partial charge in [-0.1, -0.05) is 36.4 Å². The Bertz CT molecular complexity index is 1120. The Labute approximate surface area is 208 Å². The molecule has 6 nitrogen and oxygen atoms in total. The summed E-state index contributed by atoms with van der Waals surface area (Å²) in [5.74, 6) is 1.86. The number of likely N-dealkylation sites (N-methyl/N-ethyl adjacent to an activating group) is 1. The van der Waals surface area contributed by atoms with E-state index in [0.29, 0.717) is 18.4 Å². The van der Waals surface area contributed by atoms with E-state index in [-0.39, 0.29) is 5.91 Å². The van der Waals surface area contributed by atoms with Gasteiger partial charge in [-0.2, -0.15) is 0 Å². The lowest BCUT2D eigenvalue weighted by molar-refractivity contribution is -0.131. The minimum atomic E-state index is -0.427. The predicted octanol–water partition coefficient (Wildman–Crippen LogP) is 4.58. The lowest BCUT2D eigenvalue weighted by atomic mass is 10.0. The Morgan fingerprint density at radius 3 is 2.23 bits per heavy atom. The van der Waals surface area contributed by atoms with Crippen molar-refractivity contribution >= 4 is 23.3 Å². The number of carbonyl (C=O) groups excluding carboxylic acids is 2. The molecule has 184 valence electrons. The van der Waals surface area contributed by atoms with Gasteiger partial charge in [0.2, 0.25) is 5.91 Å². The average molecular weight is 473 g/mol. The maximum atomic E-state index is 12.5. The molecule has 2 amide bonds. The van der Waals surface area contributed by atoms with Gasteiger partial charge < -0.3 is 9.80 Å². The Hall–Kier alpha value is -3.15. The van der Waals surface area contributed by atoms with Crippen molar-refractivity contribution in [2.45, 2.75) is 51.0 Å². The van der Waals surface area contributed by atoms with Crippen LogP contribution in [0, 0.1) is 5.92 Å². The fourth-order valence-corrected chi connectivity index (χ4v) is 4.92. The second-order valence-corrected chi connectivity index (χ2v) is 10.3. The van der Waals surface area contributed by atoms with Crippen molar-refractivity contribution in [1.82, 2.24) is 9.80 Å². The second kappa shape index (κ2) is 9.48. The summed E-state index contributed by atoms with van der Waals surface area (Å²) in [4.78, 5) is 34.6. The SMILES string of the molecule is CCN1C(=O)C2(CC2)N=C1c1ccc(-c2cccc(N(C)C)c2)cc1.O=C(C1CC1)N1CCCC1. The molecule has 0 aromatic heterocycles. The summed E-state index contributed by atoms with van der Waals surface area (Å²) in [7, 11) is 4.09. The van der Waals surface area contributed by atoms with E-state index in [2.05, 4.69) is 53.4 Å². The largest absolute Gasteiger partial charge is 0.378 e. The van der Waals surface area contributed by atoms with E-state index in [9.17, 15) is 9.59 Å². The molecule has 1 spiro atoms. The van der Waals surface area contributed by atoms with Crippen LogP contribution in [0.2, 0.25) is 0 Å². The van der Waals surface area contributed by atoms with E-state index >= 15 is 0 Å². The number of nitrogens with zero attached hydrogens (tertiary/aromatic N) is 4. The molecule has 3 fully saturated rings. The first kappa shape index (κ1) is 23.6. The second-order valence-electron chi connectivity index (χ2n) is 10.3. The van der Waals surface area contributed by atoms with Crippen LogP contribution in [0.1, 0.15) is 51.0 Å².